The first-order chi connectivity index (χ1) is 16.0. The average molecular weight is 469 g/mol. The molecule has 0 bridgehead atoms. The Morgan fingerprint density at radius 2 is 1.91 bits per heavy atom. The van der Waals surface area contributed by atoms with Crippen molar-refractivity contribution < 1.29 is 14.3 Å². The topological polar surface area (TPSA) is 69.5 Å². The van der Waals surface area contributed by atoms with E-state index in [1.54, 1.807) is 30.9 Å². The lowest BCUT2D eigenvalue weighted by atomic mass is 10.1. The van der Waals surface area contributed by atoms with Crippen molar-refractivity contribution in [2.24, 2.45) is 0 Å². The molecule has 0 radical (unpaired) electrons. The molecule has 0 unspecified atom stereocenters. The van der Waals surface area contributed by atoms with Gasteiger partial charge in [0.25, 0.3) is 5.91 Å². The minimum Gasteiger partial charge on any atom is -0.497 e. The average Bonchev–Trinajstić information content (AvgIpc) is 3.27. The van der Waals surface area contributed by atoms with E-state index in [9.17, 15) is 4.79 Å². The summed E-state index contributed by atoms with van der Waals surface area (Å²) in [6.07, 6.45) is 0.941. The fraction of sp³-hybridized carbons (Fsp3) is 0.400. The predicted molar refractivity (Wildman–Crippen MR) is 132 cm³/mol. The van der Waals surface area contributed by atoms with Crippen LogP contribution in [-0.4, -0.2) is 60.0 Å². The number of ether oxygens (including phenoxy) is 2. The molecular weight excluding hydrogens is 436 g/mol. The molecule has 0 aliphatic carbocycles. The van der Waals surface area contributed by atoms with Crippen molar-refractivity contribution in [3.63, 3.8) is 0 Å². The Kier molecular flexibility index (Phi) is 8.91. The highest BCUT2D eigenvalue weighted by atomic mass is 32.2. The molecule has 2 aromatic carbocycles. The Labute approximate surface area is 200 Å². The van der Waals surface area contributed by atoms with Gasteiger partial charge in [0, 0.05) is 37.6 Å². The second-order valence-corrected chi connectivity index (χ2v) is 8.87. The van der Waals surface area contributed by atoms with E-state index in [2.05, 4.69) is 28.6 Å². The van der Waals surface area contributed by atoms with Gasteiger partial charge in [-0.3, -0.25) is 9.36 Å². The number of aromatic nitrogens is 3. The molecule has 0 aliphatic heterocycles. The molecule has 3 rings (SSSR count). The van der Waals surface area contributed by atoms with E-state index in [-0.39, 0.29) is 11.9 Å². The van der Waals surface area contributed by atoms with Crippen LogP contribution in [0, 0.1) is 0 Å². The molecule has 33 heavy (non-hydrogen) atoms. The van der Waals surface area contributed by atoms with Gasteiger partial charge >= 0.3 is 0 Å². The van der Waals surface area contributed by atoms with E-state index in [1.165, 1.54) is 0 Å². The van der Waals surface area contributed by atoms with Crippen molar-refractivity contribution >= 4 is 17.7 Å². The van der Waals surface area contributed by atoms with Crippen LogP contribution in [-0.2, 0) is 10.5 Å². The predicted octanol–water partition coefficient (Wildman–Crippen LogP) is 4.94. The number of hydrogen-bond donors (Lipinski definition) is 0. The van der Waals surface area contributed by atoms with Crippen LogP contribution in [0.4, 0.5) is 0 Å². The number of carbonyl (C=O) groups excluding carboxylic acids is 1. The molecule has 1 aromatic heterocycles. The Morgan fingerprint density at radius 1 is 1.15 bits per heavy atom. The van der Waals surface area contributed by atoms with Gasteiger partial charge in [0.15, 0.2) is 11.0 Å². The van der Waals surface area contributed by atoms with E-state index in [0.717, 1.165) is 46.6 Å². The van der Waals surface area contributed by atoms with Crippen LogP contribution in [0.1, 0.15) is 42.2 Å². The molecule has 0 saturated heterocycles. The van der Waals surface area contributed by atoms with E-state index in [4.69, 9.17) is 9.47 Å². The largest absolute Gasteiger partial charge is 0.497 e. The van der Waals surface area contributed by atoms with Crippen molar-refractivity contribution in [2.75, 3.05) is 34.4 Å². The van der Waals surface area contributed by atoms with Gasteiger partial charge in [-0.2, -0.15) is 0 Å². The van der Waals surface area contributed by atoms with Crippen molar-refractivity contribution in [3.05, 3.63) is 59.7 Å². The summed E-state index contributed by atoms with van der Waals surface area (Å²) >= 11 is 1.62. The second-order valence-electron chi connectivity index (χ2n) is 7.92. The highest BCUT2D eigenvalue weighted by Crippen LogP contribution is 2.31. The van der Waals surface area contributed by atoms with E-state index in [1.807, 2.05) is 55.6 Å². The minimum atomic E-state index is 0.0483. The fourth-order valence-corrected chi connectivity index (χ4v) is 4.59. The maximum atomic E-state index is 12.5. The number of benzene rings is 2. The first kappa shape index (κ1) is 24.8. The van der Waals surface area contributed by atoms with Gasteiger partial charge in [-0.25, -0.2) is 0 Å². The van der Waals surface area contributed by atoms with Crippen LogP contribution < -0.4 is 4.74 Å². The molecule has 3 aromatic rings. The molecule has 1 atom stereocenters. The molecule has 176 valence electrons. The lowest BCUT2D eigenvalue weighted by Gasteiger charge is -2.18. The molecule has 1 heterocycles. The quantitative estimate of drug-likeness (QED) is 0.372. The Balaban J connectivity index is 1.79. The van der Waals surface area contributed by atoms with Gasteiger partial charge in [-0.15, -0.1) is 10.2 Å². The Bertz CT molecular complexity index is 1050. The SMILES string of the molecule is CCCN(C)C(=O)c1ccc(CSc2nnc(-c3cccc(OC)c3)n2[C@H](C)COC)cc1. The standard InChI is InChI=1S/C25H32N4O3S/c1-6-14-28(3)24(30)20-12-10-19(11-13-20)17-33-25-27-26-23(29(25)18(2)16-31-4)21-8-7-9-22(15-21)32-5/h7-13,15,18H,6,14,16-17H2,1-5H3/t18-/m1/s1. The highest BCUT2D eigenvalue weighted by molar-refractivity contribution is 7.98. The molecule has 0 saturated carbocycles. The van der Waals surface area contributed by atoms with Crippen molar-refractivity contribution in [3.8, 4) is 17.1 Å². The maximum Gasteiger partial charge on any atom is 0.253 e. The third kappa shape index (κ3) is 6.15. The second kappa shape index (κ2) is 11.9. The van der Waals surface area contributed by atoms with E-state index < -0.39 is 0 Å². The van der Waals surface area contributed by atoms with Crippen molar-refractivity contribution in [1.29, 1.82) is 0 Å². The molecule has 0 aliphatic rings. The van der Waals surface area contributed by atoms with Gasteiger partial charge < -0.3 is 14.4 Å². The van der Waals surface area contributed by atoms with Crippen LogP contribution in [0.15, 0.2) is 53.7 Å². The summed E-state index contributed by atoms with van der Waals surface area (Å²) in [5.41, 5.74) is 2.76. The highest BCUT2D eigenvalue weighted by Gasteiger charge is 2.20. The summed E-state index contributed by atoms with van der Waals surface area (Å²) in [6, 6.07) is 15.7. The molecule has 0 fully saturated rings. The lowest BCUT2D eigenvalue weighted by molar-refractivity contribution is 0.0795. The third-order valence-electron chi connectivity index (χ3n) is 5.32. The van der Waals surface area contributed by atoms with Crippen LogP contribution in [0.3, 0.4) is 0 Å². The zero-order chi connectivity index (χ0) is 23.8. The van der Waals surface area contributed by atoms with E-state index >= 15 is 0 Å². The number of thioether (sulfide) groups is 1. The molecule has 0 spiro atoms. The van der Waals surface area contributed by atoms with Crippen LogP contribution >= 0.6 is 11.8 Å². The number of nitrogens with zero attached hydrogens (tertiary/aromatic N) is 4. The van der Waals surface area contributed by atoms with Gasteiger partial charge in [0.05, 0.1) is 19.8 Å². The number of rotatable bonds is 11. The summed E-state index contributed by atoms with van der Waals surface area (Å²) in [7, 11) is 5.18. The van der Waals surface area contributed by atoms with Crippen molar-refractivity contribution in [2.45, 2.75) is 37.2 Å². The first-order valence-electron chi connectivity index (χ1n) is 11.0. The lowest BCUT2D eigenvalue weighted by Crippen LogP contribution is -2.27. The summed E-state index contributed by atoms with van der Waals surface area (Å²) in [5, 5.41) is 9.78. The summed E-state index contributed by atoms with van der Waals surface area (Å²) in [5.74, 6) is 2.32. The number of hydrogen-bond acceptors (Lipinski definition) is 6. The molecule has 0 N–H and O–H groups in total. The Hall–Kier alpha value is -2.84. The monoisotopic (exact) mass is 468 g/mol. The summed E-state index contributed by atoms with van der Waals surface area (Å²) in [4.78, 5) is 14.2. The third-order valence-corrected chi connectivity index (χ3v) is 6.33. The zero-order valence-corrected chi connectivity index (χ0v) is 20.8. The number of carbonyl (C=O) groups is 1. The minimum absolute atomic E-state index is 0.0483. The van der Waals surface area contributed by atoms with Crippen molar-refractivity contribution in [1.82, 2.24) is 19.7 Å². The molecule has 1 amide bonds. The number of methoxy groups -OCH3 is 2. The van der Waals surface area contributed by atoms with Gasteiger partial charge in [-0.05, 0) is 43.2 Å². The summed E-state index contributed by atoms with van der Waals surface area (Å²) in [6.45, 7) is 5.45. The number of amides is 1. The maximum absolute atomic E-state index is 12.5. The molecular formula is C25H32N4O3S. The molecule has 8 heteroatoms. The first-order valence-corrected chi connectivity index (χ1v) is 12.0. The van der Waals surface area contributed by atoms with Crippen LogP contribution in [0.25, 0.3) is 11.4 Å². The van der Waals surface area contributed by atoms with Gasteiger partial charge in [0.2, 0.25) is 0 Å². The molecule has 7 nitrogen and oxygen atoms in total. The van der Waals surface area contributed by atoms with Gasteiger partial charge in [-0.1, -0.05) is 43.0 Å². The van der Waals surface area contributed by atoms with Crippen LogP contribution in [0.2, 0.25) is 0 Å². The fourth-order valence-electron chi connectivity index (χ4n) is 3.60. The Morgan fingerprint density at radius 3 is 2.58 bits per heavy atom. The normalized spacial score (nSPS) is 11.9. The van der Waals surface area contributed by atoms with Gasteiger partial charge in [0.1, 0.15) is 5.75 Å². The van der Waals surface area contributed by atoms with Crippen LogP contribution in [0.5, 0.6) is 5.75 Å². The summed E-state index contributed by atoms with van der Waals surface area (Å²) < 4.78 is 12.9. The zero-order valence-electron chi connectivity index (χ0n) is 19.9. The van der Waals surface area contributed by atoms with E-state index in [0.29, 0.717) is 12.2 Å². The smallest absolute Gasteiger partial charge is 0.253 e.